The summed E-state index contributed by atoms with van der Waals surface area (Å²) in [6.45, 7) is 2.74. The normalized spacial score (nSPS) is 10.4. The zero-order chi connectivity index (χ0) is 15.7. The van der Waals surface area contributed by atoms with Crippen molar-refractivity contribution in [2.45, 2.75) is 45.4 Å². The molecule has 5 heteroatoms. The first-order chi connectivity index (χ1) is 10.1. The number of anilines is 1. The van der Waals surface area contributed by atoms with Crippen molar-refractivity contribution in [3.63, 3.8) is 0 Å². The Bertz CT molecular complexity index is 460. The van der Waals surface area contributed by atoms with E-state index in [4.69, 9.17) is 20.3 Å². The van der Waals surface area contributed by atoms with Gasteiger partial charge in [-0.2, -0.15) is 0 Å². The summed E-state index contributed by atoms with van der Waals surface area (Å²) >= 11 is 0. The SMILES string of the molecule is CCCCCCCCOc1cc(C(=O)O)c(N)cc1OC. The minimum Gasteiger partial charge on any atom is -0.493 e. The summed E-state index contributed by atoms with van der Waals surface area (Å²) in [5.74, 6) is -0.180. The van der Waals surface area contributed by atoms with Crippen molar-refractivity contribution in [1.82, 2.24) is 0 Å². The fourth-order valence-electron chi connectivity index (χ4n) is 2.10. The van der Waals surface area contributed by atoms with Gasteiger partial charge in [0.2, 0.25) is 0 Å². The second-order valence-electron chi connectivity index (χ2n) is 5.01. The smallest absolute Gasteiger partial charge is 0.337 e. The van der Waals surface area contributed by atoms with Crippen molar-refractivity contribution in [2.24, 2.45) is 0 Å². The number of rotatable bonds is 10. The van der Waals surface area contributed by atoms with Crippen LogP contribution in [-0.4, -0.2) is 24.8 Å². The first-order valence-corrected chi connectivity index (χ1v) is 7.43. The van der Waals surface area contributed by atoms with Gasteiger partial charge in [0.25, 0.3) is 0 Å². The molecule has 0 bridgehead atoms. The highest BCUT2D eigenvalue weighted by molar-refractivity contribution is 5.94. The number of nitrogen functional groups attached to an aromatic ring is 1. The quantitative estimate of drug-likeness (QED) is 0.508. The van der Waals surface area contributed by atoms with E-state index in [1.54, 1.807) is 0 Å². The van der Waals surface area contributed by atoms with Crippen LogP contribution in [0.15, 0.2) is 12.1 Å². The molecule has 0 heterocycles. The highest BCUT2D eigenvalue weighted by atomic mass is 16.5. The molecule has 0 saturated heterocycles. The molecule has 0 saturated carbocycles. The van der Waals surface area contributed by atoms with E-state index in [-0.39, 0.29) is 11.3 Å². The maximum Gasteiger partial charge on any atom is 0.337 e. The van der Waals surface area contributed by atoms with Crippen LogP contribution >= 0.6 is 0 Å². The molecule has 1 rings (SSSR count). The van der Waals surface area contributed by atoms with Crippen molar-refractivity contribution in [3.05, 3.63) is 17.7 Å². The number of hydrogen-bond acceptors (Lipinski definition) is 4. The largest absolute Gasteiger partial charge is 0.493 e. The summed E-state index contributed by atoms with van der Waals surface area (Å²) in [6, 6.07) is 2.91. The van der Waals surface area contributed by atoms with Crippen LogP contribution in [0.4, 0.5) is 5.69 Å². The van der Waals surface area contributed by atoms with Gasteiger partial charge in [-0.05, 0) is 6.42 Å². The number of unbranched alkanes of at least 4 members (excludes halogenated alkanes) is 5. The minimum atomic E-state index is -1.07. The Labute approximate surface area is 126 Å². The lowest BCUT2D eigenvalue weighted by Gasteiger charge is -2.13. The maximum absolute atomic E-state index is 11.1. The minimum absolute atomic E-state index is 0.0359. The van der Waals surface area contributed by atoms with Gasteiger partial charge in [-0.3, -0.25) is 0 Å². The average molecular weight is 295 g/mol. The van der Waals surface area contributed by atoms with Crippen LogP contribution in [0.2, 0.25) is 0 Å². The standard InChI is InChI=1S/C16H25NO4/c1-3-4-5-6-7-8-9-21-15-10-12(16(18)19)13(17)11-14(15)20-2/h10-11H,3-9,17H2,1-2H3,(H,18,19). The third kappa shape index (κ3) is 5.53. The predicted molar refractivity (Wildman–Crippen MR) is 83.2 cm³/mol. The van der Waals surface area contributed by atoms with Crippen molar-refractivity contribution in [3.8, 4) is 11.5 Å². The molecule has 0 aliphatic carbocycles. The number of ether oxygens (including phenoxy) is 2. The molecule has 0 spiro atoms. The van der Waals surface area contributed by atoms with E-state index in [0.29, 0.717) is 18.1 Å². The lowest BCUT2D eigenvalue weighted by atomic mass is 10.1. The summed E-state index contributed by atoms with van der Waals surface area (Å²) in [4.78, 5) is 11.1. The summed E-state index contributed by atoms with van der Waals surface area (Å²) in [7, 11) is 1.51. The summed E-state index contributed by atoms with van der Waals surface area (Å²) in [5.41, 5.74) is 5.88. The van der Waals surface area contributed by atoms with Crippen LogP contribution in [0.1, 0.15) is 55.8 Å². The van der Waals surface area contributed by atoms with E-state index in [9.17, 15) is 4.79 Å². The molecule has 0 amide bonds. The van der Waals surface area contributed by atoms with Crippen molar-refractivity contribution in [1.29, 1.82) is 0 Å². The van der Waals surface area contributed by atoms with Gasteiger partial charge in [-0.25, -0.2) is 4.79 Å². The molecule has 0 aromatic heterocycles. The summed E-state index contributed by atoms with van der Waals surface area (Å²) < 4.78 is 10.8. The first kappa shape index (κ1) is 17.1. The number of nitrogens with two attached hydrogens (primary N) is 1. The van der Waals surface area contributed by atoms with Gasteiger partial charge in [0.1, 0.15) is 0 Å². The molecule has 21 heavy (non-hydrogen) atoms. The fraction of sp³-hybridized carbons (Fsp3) is 0.562. The third-order valence-electron chi connectivity index (χ3n) is 3.32. The van der Waals surface area contributed by atoms with Gasteiger partial charge in [0.05, 0.1) is 25.0 Å². The Morgan fingerprint density at radius 1 is 1.14 bits per heavy atom. The van der Waals surface area contributed by atoms with Crippen LogP contribution in [0.5, 0.6) is 11.5 Å². The average Bonchev–Trinajstić information content (AvgIpc) is 2.46. The zero-order valence-corrected chi connectivity index (χ0v) is 12.9. The molecule has 0 fully saturated rings. The molecule has 1 aromatic rings. The second kappa shape index (κ2) is 9.10. The molecule has 0 radical (unpaired) electrons. The lowest BCUT2D eigenvalue weighted by Crippen LogP contribution is -2.06. The second-order valence-corrected chi connectivity index (χ2v) is 5.01. The number of carbonyl (C=O) groups is 1. The number of carboxylic acids is 1. The van der Waals surface area contributed by atoms with E-state index in [1.165, 1.54) is 44.9 Å². The number of methoxy groups -OCH3 is 1. The molecule has 0 unspecified atom stereocenters. The van der Waals surface area contributed by atoms with Crippen LogP contribution in [0.25, 0.3) is 0 Å². The molecule has 0 atom stereocenters. The van der Waals surface area contributed by atoms with Crippen LogP contribution in [0.3, 0.4) is 0 Å². The Hall–Kier alpha value is -1.91. The fourth-order valence-corrected chi connectivity index (χ4v) is 2.10. The van der Waals surface area contributed by atoms with Gasteiger partial charge >= 0.3 is 5.97 Å². The summed E-state index contributed by atoms with van der Waals surface area (Å²) in [6.07, 6.45) is 7.02. The van der Waals surface area contributed by atoms with Gasteiger partial charge < -0.3 is 20.3 Å². The highest BCUT2D eigenvalue weighted by Gasteiger charge is 2.14. The van der Waals surface area contributed by atoms with Crippen LogP contribution in [0, 0.1) is 0 Å². The van der Waals surface area contributed by atoms with E-state index in [0.717, 1.165) is 12.8 Å². The number of aromatic carboxylic acids is 1. The molecular weight excluding hydrogens is 270 g/mol. The van der Waals surface area contributed by atoms with Crippen molar-refractivity contribution < 1.29 is 19.4 Å². The van der Waals surface area contributed by atoms with Gasteiger partial charge in [0, 0.05) is 12.1 Å². The van der Waals surface area contributed by atoms with E-state index in [1.807, 2.05) is 0 Å². The zero-order valence-electron chi connectivity index (χ0n) is 12.9. The van der Waals surface area contributed by atoms with Crippen molar-refractivity contribution in [2.75, 3.05) is 19.5 Å². The van der Waals surface area contributed by atoms with Gasteiger partial charge in [-0.15, -0.1) is 0 Å². The maximum atomic E-state index is 11.1. The predicted octanol–water partition coefficient (Wildman–Crippen LogP) is 3.71. The van der Waals surface area contributed by atoms with Gasteiger partial charge in [-0.1, -0.05) is 39.0 Å². The van der Waals surface area contributed by atoms with E-state index < -0.39 is 5.97 Å². The van der Waals surface area contributed by atoms with Crippen LogP contribution < -0.4 is 15.2 Å². The molecule has 5 nitrogen and oxygen atoms in total. The molecular formula is C16H25NO4. The van der Waals surface area contributed by atoms with Crippen molar-refractivity contribution >= 4 is 11.7 Å². The molecule has 0 aliphatic rings. The number of hydrogen-bond donors (Lipinski definition) is 2. The Balaban J connectivity index is 2.53. The molecule has 118 valence electrons. The molecule has 0 aliphatic heterocycles. The van der Waals surface area contributed by atoms with Crippen LogP contribution in [-0.2, 0) is 0 Å². The van der Waals surface area contributed by atoms with Gasteiger partial charge in [0.15, 0.2) is 11.5 Å². The first-order valence-electron chi connectivity index (χ1n) is 7.43. The topological polar surface area (TPSA) is 81.8 Å². The third-order valence-corrected chi connectivity index (χ3v) is 3.32. The Kier molecular flexibility index (Phi) is 7.43. The Morgan fingerprint density at radius 2 is 1.81 bits per heavy atom. The van der Waals surface area contributed by atoms with E-state index >= 15 is 0 Å². The monoisotopic (exact) mass is 295 g/mol. The highest BCUT2D eigenvalue weighted by Crippen LogP contribution is 2.32. The molecule has 1 aromatic carbocycles. The summed E-state index contributed by atoms with van der Waals surface area (Å²) in [5, 5.41) is 9.07. The number of benzene rings is 1. The molecule has 3 N–H and O–H groups in total. The van der Waals surface area contributed by atoms with E-state index in [2.05, 4.69) is 6.92 Å². The number of carboxylic acid groups (broad SMARTS) is 1. The lowest BCUT2D eigenvalue weighted by molar-refractivity contribution is 0.0697. The Morgan fingerprint density at radius 3 is 2.43 bits per heavy atom.